The van der Waals surface area contributed by atoms with Crippen molar-refractivity contribution in [2.24, 2.45) is 5.92 Å². The Morgan fingerprint density at radius 3 is 2.61 bits per heavy atom. The minimum atomic E-state index is -0.220. The van der Waals surface area contributed by atoms with Crippen molar-refractivity contribution in [1.82, 2.24) is 5.32 Å². The Morgan fingerprint density at radius 1 is 1.10 bits per heavy atom. The summed E-state index contributed by atoms with van der Waals surface area (Å²) in [5.74, 6) is 1.15. The summed E-state index contributed by atoms with van der Waals surface area (Å²) in [6.45, 7) is 11.0. The molecule has 1 fully saturated rings. The molecule has 0 spiro atoms. The van der Waals surface area contributed by atoms with E-state index in [1.165, 1.54) is 12.2 Å². The number of nitrogens with zero attached hydrogens (tertiary/aromatic N) is 1. The lowest BCUT2D eigenvalue weighted by atomic mass is 9.98. The second kappa shape index (κ2) is 15.9. The van der Waals surface area contributed by atoms with Crippen molar-refractivity contribution >= 4 is 24.0 Å². The number of amides is 1. The molecule has 1 saturated heterocycles. The maximum atomic E-state index is 13.2. The average molecular weight is 559 g/mol. The lowest BCUT2D eigenvalue weighted by Gasteiger charge is -2.31. The standard InChI is InChI=1S/C34H42N2O5/c1-3-5-18-39-21-22-41-32-9-6-27(7-10-32)28-8-11-33-30(23-28)24-29(34(38)35-31(4-2)13-17-37)12-16-36(33)25-26-14-19-40-20-15-26/h4,6-11,13,17,23-24,26H,2-3,5,12,14-16,18-22,25H2,1H3,(H,35,38)/b31-13+. The van der Waals surface area contributed by atoms with Crippen LogP contribution in [0.2, 0.25) is 0 Å². The van der Waals surface area contributed by atoms with Gasteiger partial charge >= 0.3 is 0 Å². The Balaban J connectivity index is 1.54. The molecule has 7 heteroatoms. The summed E-state index contributed by atoms with van der Waals surface area (Å²) >= 11 is 0. The summed E-state index contributed by atoms with van der Waals surface area (Å²) in [5.41, 5.74) is 5.32. The number of rotatable bonds is 14. The second-order valence-electron chi connectivity index (χ2n) is 10.5. The lowest BCUT2D eigenvalue weighted by Crippen LogP contribution is -2.34. The van der Waals surface area contributed by atoms with Gasteiger partial charge in [0, 0.05) is 55.9 Å². The van der Waals surface area contributed by atoms with Crippen LogP contribution in [0.3, 0.4) is 0 Å². The third kappa shape index (κ3) is 8.90. The van der Waals surface area contributed by atoms with E-state index >= 15 is 0 Å². The molecule has 0 aliphatic carbocycles. The van der Waals surface area contributed by atoms with E-state index in [1.54, 1.807) is 0 Å². The van der Waals surface area contributed by atoms with Gasteiger partial charge in [0.25, 0.3) is 5.91 Å². The zero-order valence-corrected chi connectivity index (χ0v) is 24.1. The molecule has 2 aliphatic rings. The van der Waals surface area contributed by atoms with Gasteiger partial charge in [-0.15, -0.1) is 0 Å². The molecular formula is C34H42N2O5. The van der Waals surface area contributed by atoms with E-state index in [2.05, 4.69) is 54.1 Å². The second-order valence-corrected chi connectivity index (χ2v) is 10.5. The van der Waals surface area contributed by atoms with Gasteiger partial charge < -0.3 is 24.4 Å². The summed E-state index contributed by atoms with van der Waals surface area (Å²) in [6, 6.07) is 14.5. The molecule has 0 saturated carbocycles. The smallest absolute Gasteiger partial charge is 0.251 e. The van der Waals surface area contributed by atoms with E-state index in [9.17, 15) is 9.59 Å². The summed E-state index contributed by atoms with van der Waals surface area (Å²) in [7, 11) is 0. The molecule has 1 N–H and O–H groups in total. The molecule has 41 heavy (non-hydrogen) atoms. The number of allylic oxidation sites excluding steroid dienone is 2. The van der Waals surface area contributed by atoms with Crippen molar-refractivity contribution in [3.05, 3.63) is 78.0 Å². The average Bonchev–Trinajstić information content (AvgIpc) is 3.18. The van der Waals surface area contributed by atoms with Gasteiger partial charge in [-0.05, 0) is 84.7 Å². The van der Waals surface area contributed by atoms with Crippen LogP contribution in [0.25, 0.3) is 17.2 Å². The number of ether oxygens (including phenoxy) is 3. The van der Waals surface area contributed by atoms with Crippen LogP contribution in [0.1, 0.15) is 44.6 Å². The number of anilines is 1. The van der Waals surface area contributed by atoms with Gasteiger partial charge in [0.15, 0.2) is 0 Å². The number of carbonyl (C=O) groups is 2. The predicted molar refractivity (Wildman–Crippen MR) is 164 cm³/mol. The number of hydrogen-bond donors (Lipinski definition) is 1. The maximum Gasteiger partial charge on any atom is 0.251 e. The number of unbranched alkanes of at least 4 members (excludes halogenated alkanes) is 1. The number of fused-ring (bicyclic) bond motifs is 1. The van der Waals surface area contributed by atoms with E-state index in [0.29, 0.717) is 43.1 Å². The minimum absolute atomic E-state index is 0.220. The molecule has 2 aromatic carbocycles. The lowest BCUT2D eigenvalue weighted by molar-refractivity contribution is -0.116. The molecule has 0 unspecified atom stereocenters. The minimum Gasteiger partial charge on any atom is -0.491 e. The third-order valence-electron chi connectivity index (χ3n) is 7.51. The zero-order valence-electron chi connectivity index (χ0n) is 24.1. The van der Waals surface area contributed by atoms with Crippen LogP contribution >= 0.6 is 0 Å². The fourth-order valence-corrected chi connectivity index (χ4v) is 5.14. The molecule has 2 aromatic rings. The maximum absolute atomic E-state index is 13.2. The first-order chi connectivity index (χ1) is 20.1. The van der Waals surface area contributed by atoms with Crippen molar-refractivity contribution in [2.45, 2.75) is 39.0 Å². The molecule has 7 nitrogen and oxygen atoms in total. The fourth-order valence-electron chi connectivity index (χ4n) is 5.14. The third-order valence-corrected chi connectivity index (χ3v) is 7.51. The quantitative estimate of drug-likeness (QED) is 0.134. The Kier molecular flexibility index (Phi) is 11.8. The van der Waals surface area contributed by atoms with Crippen molar-refractivity contribution in [1.29, 1.82) is 0 Å². The molecule has 0 aromatic heterocycles. The molecule has 2 aliphatic heterocycles. The van der Waals surface area contributed by atoms with Crippen molar-refractivity contribution in [2.75, 3.05) is 51.0 Å². The van der Waals surface area contributed by atoms with Gasteiger partial charge in [-0.1, -0.05) is 38.1 Å². The van der Waals surface area contributed by atoms with Crippen LogP contribution in [-0.2, 0) is 19.1 Å². The highest BCUT2D eigenvalue weighted by Gasteiger charge is 2.24. The first kappa shape index (κ1) is 30.3. The van der Waals surface area contributed by atoms with Gasteiger partial charge in [-0.2, -0.15) is 0 Å². The largest absolute Gasteiger partial charge is 0.491 e. The van der Waals surface area contributed by atoms with Crippen molar-refractivity contribution in [3.8, 4) is 16.9 Å². The van der Waals surface area contributed by atoms with E-state index in [1.807, 2.05) is 18.2 Å². The predicted octanol–water partition coefficient (Wildman–Crippen LogP) is 5.95. The highest BCUT2D eigenvalue weighted by molar-refractivity contribution is 6.00. The van der Waals surface area contributed by atoms with Crippen LogP contribution in [0.15, 0.2) is 72.5 Å². The molecule has 0 atom stereocenters. The highest BCUT2D eigenvalue weighted by atomic mass is 16.5. The number of benzene rings is 2. The first-order valence-corrected chi connectivity index (χ1v) is 14.7. The Hall–Kier alpha value is -3.68. The molecule has 0 bridgehead atoms. The van der Waals surface area contributed by atoms with Gasteiger partial charge in [-0.25, -0.2) is 0 Å². The SMILES string of the molecule is C=C/C(=C\C=O)NC(=O)C1=Cc2cc(-c3ccc(OCCOCCCC)cc3)ccc2N(CC2CCOCC2)CC1. The van der Waals surface area contributed by atoms with Gasteiger partial charge in [0.1, 0.15) is 18.6 Å². The number of hydrogen-bond acceptors (Lipinski definition) is 6. The summed E-state index contributed by atoms with van der Waals surface area (Å²) in [6.07, 6.45) is 10.3. The van der Waals surface area contributed by atoms with Crippen LogP contribution in [0, 0.1) is 5.92 Å². The molecule has 1 amide bonds. The molecule has 4 rings (SSSR count). The first-order valence-electron chi connectivity index (χ1n) is 14.7. The van der Waals surface area contributed by atoms with E-state index in [0.717, 1.165) is 86.7 Å². The van der Waals surface area contributed by atoms with E-state index in [-0.39, 0.29) is 5.91 Å². The number of nitrogens with one attached hydrogen (secondary N) is 1. The Bertz CT molecular complexity index is 1230. The normalized spacial score (nSPS) is 15.9. The van der Waals surface area contributed by atoms with Crippen LogP contribution in [0.5, 0.6) is 5.75 Å². The topological polar surface area (TPSA) is 77.1 Å². The van der Waals surface area contributed by atoms with E-state index < -0.39 is 0 Å². The highest BCUT2D eigenvalue weighted by Crippen LogP contribution is 2.34. The monoisotopic (exact) mass is 558 g/mol. The Labute approximate surface area is 243 Å². The van der Waals surface area contributed by atoms with Crippen molar-refractivity contribution < 1.29 is 23.8 Å². The van der Waals surface area contributed by atoms with Gasteiger partial charge in [0.2, 0.25) is 0 Å². The van der Waals surface area contributed by atoms with Crippen molar-refractivity contribution in [3.63, 3.8) is 0 Å². The molecule has 0 radical (unpaired) electrons. The summed E-state index contributed by atoms with van der Waals surface area (Å²) in [4.78, 5) is 26.6. The molecular weight excluding hydrogens is 516 g/mol. The molecule has 218 valence electrons. The van der Waals surface area contributed by atoms with Gasteiger partial charge in [0.05, 0.1) is 6.61 Å². The van der Waals surface area contributed by atoms with E-state index in [4.69, 9.17) is 14.2 Å². The number of carbonyl (C=O) groups excluding carboxylic acids is 2. The number of aldehydes is 1. The van der Waals surface area contributed by atoms with Gasteiger partial charge in [-0.3, -0.25) is 9.59 Å². The van der Waals surface area contributed by atoms with Crippen LogP contribution in [0.4, 0.5) is 5.69 Å². The molecule has 2 heterocycles. The summed E-state index contributed by atoms with van der Waals surface area (Å²) in [5, 5.41) is 2.82. The fraction of sp³-hybridized carbons (Fsp3) is 0.412. The zero-order chi connectivity index (χ0) is 28.9. The Morgan fingerprint density at radius 2 is 1.88 bits per heavy atom. The van der Waals surface area contributed by atoms with Crippen LogP contribution in [-0.4, -0.2) is 58.3 Å². The van der Waals surface area contributed by atoms with Crippen LogP contribution < -0.4 is 15.0 Å². The summed E-state index contributed by atoms with van der Waals surface area (Å²) < 4.78 is 17.0.